The van der Waals surface area contributed by atoms with E-state index in [4.69, 9.17) is 0 Å². The lowest BCUT2D eigenvalue weighted by Crippen LogP contribution is -2.44. The molecule has 0 atom stereocenters. The van der Waals surface area contributed by atoms with Crippen LogP contribution in [0.5, 0.6) is 0 Å². The molecule has 3 heterocycles. The fourth-order valence-electron chi connectivity index (χ4n) is 3.87. The molecular formula is C18H22N6O3. The van der Waals surface area contributed by atoms with Gasteiger partial charge in [0.1, 0.15) is 5.54 Å². The fourth-order valence-corrected chi connectivity index (χ4v) is 3.87. The van der Waals surface area contributed by atoms with Crippen molar-refractivity contribution in [2.45, 2.75) is 50.6 Å². The molecule has 4 rings (SSSR count). The van der Waals surface area contributed by atoms with Gasteiger partial charge in [0.15, 0.2) is 11.5 Å². The SMILES string of the molecule is O=C(CCCN1C(=O)NC2(CCCC2)C1=O)NCc1nnc2ccccn12. The zero-order chi connectivity index (χ0) is 18.9. The third-order valence-electron chi connectivity index (χ3n) is 5.32. The molecule has 1 saturated carbocycles. The first-order valence-electron chi connectivity index (χ1n) is 9.28. The number of fused-ring (bicyclic) bond motifs is 1. The second-order valence-electron chi connectivity index (χ2n) is 7.10. The zero-order valence-electron chi connectivity index (χ0n) is 15.0. The molecule has 27 heavy (non-hydrogen) atoms. The minimum atomic E-state index is -0.686. The Balaban J connectivity index is 1.25. The van der Waals surface area contributed by atoms with Gasteiger partial charge >= 0.3 is 6.03 Å². The zero-order valence-corrected chi connectivity index (χ0v) is 15.0. The van der Waals surface area contributed by atoms with E-state index in [1.165, 1.54) is 4.90 Å². The number of carbonyl (C=O) groups excluding carboxylic acids is 3. The Bertz CT molecular complexity index is 886. The standard InChI is InChI=1S/C18H22N6O3/c25-15(19-12-14-22-21-13-6-1-4-10-23(13)14)7-5-11-24-16(26)18(20-17(24)27)8-2-3-9-18/h1,4,6,10H,2-3,5,7-9,11-12H2,(H,19,25)(H,20,27). The van der Waals surface area contributed by atoms with E-state index in [1.807, 2.05) is 28.8 Å². The number of hydrogen-bond acceptors (Lipinski definition) is 5. The molecule has 1 spiro atoms. The van der Waals surface area contributed by atoms with Gasteiger partial charge in [0.05, 0.1) is 6.54 Å². The number of rotatable bonds is 6. The van der Waals surface area contributed by atoms with Gasteiger partial charge in [-0.25, -0.2) is 4.79 Å². The molecule has 0 aromatic carbocycles. The van der Waals surface area contributed by atoms with Crippen LogP contribution in [0.3, 0.4) is 0 Å². The van der Waals surface area contributed by atoms with Crippen molar-refractivity contribution in [1.29, 1.82) is 0 Å². The highest BCUT2D eigenvalue weighted by molar-refractivity contribution is 6.07. The summed E-state index contributed by atoms with van der Waals surface area (Å²) in [5.74, 6) is 0.363. The Kier molecular flexibility index (Phi) is 4.51. The first-order valence-corrected chi connectivity index (χ1v) is 9.28. The van der Waals surface area contributed by atoms with Gasteiger partial charge in [-0.05, 0) is 31.4 Å². The quantitative estimate of drug-likeness (QED) is 0.737. The fraction of sp³-hybridized carbons (Fsp3) is 0.500. The smallest absolute Gasteiger partial charge is 0.325 e. The average Bonchev–Trinajstić information content (AvgIpc) is 3.35. The minimum Gasteiger partial charge on any atom is -0.349 e. The van der Waals surface area contributed by atoms with Crippen LogP contribution in [0.15, 0.2) is 24.4 Å². The molecule has 1 aliphatic carbocycles. The summed E-state index contributed by atoms with van der Waals surface area (Å²) < 4.78 is 1.81. The van der Waals surface area contributed by atoms with Crippen molar-refractivity contribution in [2.75, 3.05) is 6.54 Å². The van der Waals surface area contributed by atoms with Crippen molar-refractivity contribution in [3.8, 4) is 0 Å². The Morgan fingerprint density at radius 3 is 2.85 bits per heavy atom. The van der Waals surface area contributed by atoms with Crippen LogP contribution in [0.2, 0.25) is 0 Å². The van der Waals surface area contributed by atoms with Crippen LogP contribution in [-0.4, -0.2) is 49.4 Å². The second-order valence-corrected chi connectivity index (χ2v) is 7.10. The number of urea groups is 1. The molecule has 2 aliphatic rings. The van der Waals surface area contributed by atoms with Crippen LogP contribution >= 0.6 is 0 Å². The van der Waals surface area contributed by atoms with E-state index in [-0.39, 0.29) is 37.4 Å². The maximum absolute atomic E-state index is 12.5. The summed E-state index contributed by atoms with van der Waals surface area (Å²) in [7, 11) is 0. The number of nitrogens with zero attached hydrogens (tertiary/aromatic N) is 4. The van der Waals surface area contributed by atoms with Crippen molar-refractivity contribution in [2.24, 2.45) is 0 Å². The lowest BCUT2D eigenvalue weighted by molar-refractivity contribution is -0.131. The van der Waals surface area contributed by atoms with Crippen molar-refractivity contribution >= 4 is 23.5 Å². The monoisotopic (exact) mass is 370 g/mol. The molecule has 0 unspecified atom stereocenters. The maximum atomic E-state index is 12.5. The Morgan fingerprint density at radius 1 is 1.22 bits per heavy atom. The molecule has 0 radical (unpaired) electrons. The molecule has 9 heteroatoms. The van der Waals surface area contributed by atoms with Crippen LogP contribution in [0.4, 0.5) is 4.79 Å². The molecular weight excluding hydrogens is 348 g/mol. The third-order valence-corrected chi connectivity index (χ3v) is 5.32. The highest BCUT2D eigenvalue weighted by Gasteiger charge is 2.51. The molecule has 1 aliphatic heterocycles. The molecule has 0 bridgehead atoms. The molecule has 4 amide bonds. The summed E-state index contributed by atoms with van der Waals surface area (Å²) in [6, 6.07) is 5.25. The number of pyridine rings is 1. The van der Waals surface area contributed by atoms with Crippen molar-refractivity contribution in [3.05, 3.63) is 30.2 Å². The second kappa shape index (κ2) is 6.98. The summed E-state index contributed by atoms with van der Waals surface area (Å²) in [4.78, 5) is 38.0. The minimum absolute atomic E-state index is 0.139. The highest BCUT2D eigenvalue weighted by Crippen LogP contribution is 2.35. The van der Waals surface area contributed by atoms with Gasteiger partial charge in [0, 0.05) is 19.2 Å². The van der Waals surface area contributed by atoms with Gasteiger partial charge in [-0.15, -0.1) is 10.2 Å². The number of imide groups is 1. The lowest BCUT2D eigenvalue weighted by Gasteiger charge is -2.19. The largest absolute Gasteiger partial charge is 0.349 e. The third kappa shape index (κ3) is 3.24. The van der Waals surface area contributed by atoms with Crippen molar-refractivity contribution in [3.63, 3.8) is 0 Å². The van der Waals surface area contributed by atoms with Crippen LogP contribution in [-0.2, 0) is 16.1 Å². The van der Waals surface area contributed by atoms with E-state index in [1.54, 1.807) is 0 Å². The molecule has 9 nitrogen and oxygen atoms in total. The van der Waals surface area contributed by atoms with E-state index in [9.17, 15) is 14.4 Å². The van der Waals surface area contributed by atoms with E-state index < -0.39 is 5.54 Å². The van der Waals surface area contributed by atoms with E-state index >= 15 is 0 Å². The number of amides is 4. The van der Waals surface area contributed by atoms with Crippen LogP contribution in [0, 0.1) is 0 Å². The first kappa shape index (κ1) is 17.4. The van der Waals surface area contributed by atoms with Crippen LogP contribution in [0.1, 0.15) is 44.3 Å². The van der Waals surface area contributed by atoms with Gasteiger partial charge in [-0.2, -0.15) is 0 Å². The Hall–Kier alpha value is -2.97. The predicted molar refractivity (Wildman–Crippen MR) is 95.5 cm³/mol. The van der Waals surface area contributed by atoms with Gasteiger partial charge < -0.3 is 10.6 Å². The summed E-state index contributed by atoms with van der Waals surface area (Å²) in [6.45, 7) is 0.532. The number of aromatic nitrogens is 3. The molecule has 1 saturated heterocycles. The van der Waals surface area contributed by atoms with E-state index in [0.29, 0.717) is 25.1 Å². The average molecular weight is 370 g/mol. The molecule has 2 aromatic heterocycles. The van der Waals surface area contributed by atoms with E-state index in [0.717, 1.165) is 18.5 Å². The summed E-state index contributed by atoms with van der Waals surface area (Å²) in [5, 5.41) is 13.8. The number of hydrogen-bond donors (Lipinski definition) is 2. The van der Waals surface area contributed by atoms with Gasteiger partial charge in [-0.3, -0.25) is 18.9 Å². The Morgan fingerprint density at radius 2 is 2.04 bits per heavy atom. The number of carbonyl (C=O) groups is 3. The first-order chi connectivity index (χ1) is 13.1. The van der Waals surface area contributed by atoms with E-state index in [2.05, 4.69) is 20.8 Å². The summed E-state index contributed by atoms with van der Waals surface area (Å²) in [6.07, 6.45) is 5.84. The lowest BCUT2D eigenvalue weighted by atomic mass is 9.98. The Labute approximate surface area is 156 Å². The van der Waals surface area contributed by atoms with Crippen LogP contribution < -0.4 is 10.6 Å². The normalized spacial score (nSPS) is 18.4. The van der Waals surface area contributed by atoms with Crippen LogP contribution in [0.25, 0.3) is 5.65 Å². The molecule has 142 valence electrons. The van der Waals surface area contributed by atoms with Crippen molar-refractivity contribution in [1.82, 2.24) is 30.1 Å². The maximum Gasteiger partial charge on any atom is 0.325 e. The topological polar surface area (TPSA) is 109 Å². The molecule has 2 fully saturated rings. The molecule has 2 aromatic rings. The highest BCUT2D eigenvalue weighted by atomic mass is 16.2. The van der Waals surface area contributed by atoms with Gasteiger partial charge in [0.25, 0.3) is 5.91 Å². The number of nitrogens with one attached hydrogen (secondary N) is 2. The summed E-state index contributed by atoms with van der Waals surface area (Å²) in [5.41, 5.74) is 0.0369. The van der Waals surface area contributed by atoms with Gasteiger partial charge in [0.2, 0.25) is 5.91 Å². The summed E-state index contributed by atoms with van der Waals surface area (Å²) >= 11 is 0. The predicted octanol–water partition coefficient (Wildman–Crippen LogP) is 0.990. The van der Waals surface area contributed by atoms with Gasteiger partial charge in [-0.1, -0.05) is 18.9 Å². The molecule has 2 N–H and O–H groups in total. The van der Waals surface area contributed by atoms with Crippen molar-refractivity contribution < 1.29 is 14.4 Å².